The molecule has 1 unspecified atom stereocenters. The Kier molecular flexibility index (Phi) is 3.60. The summed E-state index contributed by atoms with van der Waals surface area (Å²) in [5.41, 5.74) is 1.38. The van der Waals surface area contributed by atoms with Crippen LogP contribution in [0.25, 0.3) is 0 Å². The van der Waals surface area contributed by atoms with Crippen molar-refractivity contribution < 1.29 is 18.0 Å². The number of aryl methyl sites for hydroxylation is 1. The zero-order valence-corrected chi connectivity index (χ0v) is 11.5. The van der Waals surface area contributed by atoms with E-state index >= 15 is 0 Å². The molecule has 6 heteroatoms. The Hall–Kier alpha value is -2.37. The van der Waals surface area contributed by atoms with E-state index in [2.05, 4.69) is 10.3 Å². The van der Waals surface area contributed by atoms with E-state index in [-0.39, 0.29) is 11.6 Å². The van der Waals surface area contributed by atoms with E-state index in [1.54, 1.807) is 0 Å². The molecule has 114 valence electrons. The molecule has 1 aliphatic carbocycles. The van der Waals surface area contributed by atoms with Gasteiger partial charge in [-0.05, 0) is 36.1 Å². The van der Waals surface area contributed by atoms with Crippen LogP contribution >= 0.6 is 0 Å². The van der Waals surface area contributed by atoms with Gasteiger partial charge in [-0.3, -0.25) is 9.78 Å². The number of halogens is 3. The lowest BCUT2D eigenvalue weighted by molar-refractivity contribution is -0.141. The number of hydrogen-bond acceptors (Lipinski definition) is 2. The summed E-state index contributed by atoms with van der Waals surface area (Å²) in [5.74, 6) is -0.414. The van der Waals surface area contributed by atoms with Crippen LogP contribution < -0.4 is 5.32 Å². The number of hydrogen-bond donors (Lipinski definition) is 1. The van der Waals surface area contributed by atoms with Crippen LogP contribution in [-0.4, -0.2) is 10.9 Å². The monoisotopic (exact) mass is 306 g/mol. The van der Waals surface area contributed by atoms with Crippen molar-refractivity contribution in [2.45, 2.75) is 25.1 Å². The van der Waals surface area contributed by atoms with Gasteiger partial charge in [0.2, 0.25) is 0 Å². The number of carbonyl (C=O) groups is 1. The van der Waals surface area contributed by atoms with Crippen molar-refractivity contribution in [1.82, 2.24) is 10.3 Å². The number of nitrogens with one attached hydrogen (secondary N) is 1. The van der Waals surface area contributed by atoms with E-state index in [1.165, 1.54) is 5.56 Å². The zero-order chi connectivity index (χ0) is 15.7. The maximum absolute atomic E-state index is 12.5. The summed E-state index contributed by atoms with van der Waals surface area (Å²) < 4.78 is 37.4. The number of pyridine rings is 1. The Morgan fingerprint density at radius 1 is 1.18 bits per heavy atom. The highest BCUT2D eigenvalue weighted by molar-refractivity contribution is 5.94. The number of amides is 1. The second-order valence-electron chi connectivity index (χ2n) is 5.19. The molecule has 1 amide bonds. The fourth-order valence-electron chi connectivity index (χ4n) is 2.64. The predicted molar refractivity (Wildman–Crippen MR) is 74.2 cm³/mol. The number of alkyl halides is 3. The summed E-state index contributed by atoms with van der Waals surface area (Å²) in [6.07, 6.45) is -1.87. The molecule has 0 aliphatic heterocycles. The average Bonchev–Trinajstić information content (AvgIpc) is 2.90. The van der Waals surface area contributed by atoms with Gasteiger partial charge in [-0.15, -0.1) is 0 Å². The van der Waals surface area contributed by atoms with Gasteiger partial charge < -0.3 is 5.32 Å². The van der Waals surface area contributed by atoms with Gasteiger partial charge in [-0.1, -0.05) is 24.3 Å². The van der Waals surface area contributed by atoms with Crippen LogP contribution in [0.3, 0.4) is 0 Å². The second-order valence-corrected chi connectivity index (χ2v) is 5.19. The van der Waals surface area contributed by atoms with E-state index in [1.807, 2.05) is 24.3 Å². The van der Waals surface area contributed by atoms with Gasteiger partial charge in [0, 0.05) is 6.20 Å². The Bertz CT molecular complexity index is 695. The third-order valence-corrected chi connectivity index (χ3v) is 3.75. The number of fused-ring (bicyclic) bond motifs is 1. The molecule has 0 saturated carbocycles. The standard InChI is InChI=1S/C16H13F3N2O/c17-16(18,19)14-8-6-11(9-20-14)15(22)21-13-7-5-10-3-1-2-4-12(10)13/h1-4,6,8-9,13H,5,7H2,(H,21,22). The fourth-order valence-corrected chi connectivity index (χ4v) is 2.64. The molecule has 3 nitrogen and oxygen atoms in total. The molecule has 0 radical (unpaired) electrons. The van der Waals surface area contributed by atoms with Crippen molar-refractivity contribution in [2.75, 3.05) is 0 Å². The third kappa shape index (κ3) is 2.81. The molecule has 1 N–H and O–H groups in total. The average molecular weight is 306 g/mol. The van der Waals surface area contributed by atoms with E-state index < -0.39 is 17.8 Å². The molecule has 0 fully saturated rings. The van der Waals surface area contributed by atoms with Gasteiger partial charge in [-0.25, -0.2) is 0 Å². The second kappa shape index (κ2) is 5.44. The highest BCUT2D eigenvalue weighted by Crippen LogP contribution is 2.31. The molecule has 1 aromatic carbocycles. The van der Waals surface area contributed by atoms with Crippen LogP contribution in [0, 0.1) is 0 Å². The minimum Gasteiger partial charge on any atom is -0.345 e. The fraction of sp³-hybridized carbons (Fsp3) is 0.250. The van der Waals surface area contributed by atoms with Crippen molar-refractivity contribution in [1.29, 1.82) is 0 Å². The van der Waals surface area contributed by atoms with Crippen molar-refractivity contribution in [3.63, 3.8) is 0 Å². The molecule has 1 aromatic heterocycles. The summed E-state index contributed by atoms with van der Waals surface area (Å²) in [4.78, 5) is 15.4. The lowest BCUT2D eigenvalue weighted by Crippen LogP contribution is -2.27. The summed E-state index contributed by atoms with van der Waals surface area (Å²) in [6.45, 7) is 0. The van der Waals surface area contributed by atoms with Crippen LogP contribution in [0.15, 0.2) is 42.6 Å². The van der Waals surface area contributed by atoms with Gasteiger partial charge in [0.25, 0.3) is 5.91 Å². The first-order valence-corrected chi connectivity index (χ1v) is 6.87. The van der Waals surface area contributed by atoms with Gasteiger partial charge in [0.1, 0.15) is 5.69 Å². The number of benzene rings is 1. The molecule has 0 bridgehead atoms. The topological polar surface area (TPSA) is 42.0 Å². The Morgan fingerprint density at radius 2 is 1.95 bits per heavy atom. The van der Waals surface area contributed by atoms with Gasteiger partial charge >= 0.3 is 6.18 Å². The summed E-state index contributed by atoms with van der Waals surface area (Å²) in [6, 6.07) is 9.68. The number of nitrogens with zero attached hydrogens (tertiary/aromatic N) is 1. The van der Waals surface area contributed by atoms with E-state index in [0.29, 0.717) is 0 Å². The zero-order valence-electron chi connectivity index (χ0n) is 11.5. The Morgan fingerprint density at radius 3 is 2.64 bits per heavy atom. The molecule has 3 rings (SSSR count). The summed E-state index contributed by atoms with van der Waals surface area (Å²) in [7, 11) is 0. The first-order valence-electron chi connectivity index (χ1n) is 6.87. The van der Waals surface area contributed by atoms with Gasteiger partial charge in [0.05, 0.1) is 11.6 Å². The molecule has 2 aromatic rings. The van der Waals surface area contributed by atoms with Crippen molar-refractivity contribution in [3.05, 3.63) is 65.0 Å². The molecular formula is C16H13F3N2O. The highest BCUT2D eigenvalue weighted by Gasteiger charge is 2.32. The smallest absolute Gasteiger partial charge is 0.345 e. The molecule has 0 saturated heterocycles. The highest BCUT2D eigenvalue weighted by atomic mass is 19.4. The lowest BCUT2D eigenvalue weighted by Gasteiger charge is -2.14. The Balaban J connectivity index is 1.73. The molecule has 1 aliphatic rings. The minimum absolute atomic E-state index is 0.106. The first-order chi connectivity index (χ1) is 10.4. The number of carbonyl (C=O) groups excluding carboxylic acids is 1. The van der Waals surface area contributed by atoms with Gasteiger partial charge in [-0.2, -0.15) is 13.2 Å². The van der Waals surface area contributed by atoms with E-state index in [9.17, 15) is 18.0 Å². The first kappa shape index (κ1) is 14.6. The third-order valence-electron chi connectivity index (χ3n) is 3.75. The number of rotatable bonds is 2. The lowest BCUT2D eigenvalue weighted by atomic mass is 10.1. The molecular weight excluding hydrogens is 293 g/mol. The van der Waals surface area contributed by atoms with Crippen molar-refractivity contribution in [2.24, 2.45) is 0 Å². The summed E-state index contributed by atoms with van der Waals surface area (Å²) in [5, 5.41) is 2.85. The van der Waals surface area contributed by atoms with Gasteiger partial charge in [0.15, 0.2) is 0 Å². The van der Waals surface area contributed by atoms with Crippen LogP contribution in [-0.2, 0) is 12.6 Å². The quantitative estimate of drug-likeness (QED) is 0.922. The maximum Gasteiger partial charge on any atom is 0.433 e. The summed E-state index contributed by atoms with van der Waals surface area (Å²) >= 11 is 0. The largest absolute Gasteiger partial charge is 0.433 e. The van der Waals surface area contributed by atoms with Crippen LogP contribution in [0.4, 0.5) is 13.2 Å². The molecule has 0 spiro atoms. The number of aromatic nitrogens is 1. The normalized spacial score (nSPS) is 17.1. The van der Waals surface area contributed by atoms with Crippen LogP contribution in [0.2, 0.25) is 0 Å². The molecule has 22 heavy (non-hydrogen) atoms. The minimum atomic E-state index is -4.50. The van der Waals surface area contributed by atoms with Crippen molar-refractivity contribution >= 4 is 5.91 Å². The molecule has 1 atom stereocenters. The SMILES string of the molecule is O=C(NC1CCc2ccccc21)c1ccc(C(F)(F)F)nc1. The van der Waals surface area contributed by atoms with Crippen LogP contribution in [0.5, 0.6) is 0 Å². The van der Waals surface area contributed by atoms with E-state index in [4.69, 9.17) is 0 Å². The van der Waals surface area contributed by atoms with Crippen molar-refractivity contribution in [3.8, 4) is 0 Å². The predicted octanol–water partition coefficient (Wildman–Crippen LogP) is 3.52. The van der Waals surface area contributed by atoms with E-state index in [0.717, 1.165) is 36.7 Å². The molecule has 1 heterocycles. The maximum atomic E-state index is 12.5. The van der Waals surface area contributed by atoms with Crippen LogP contribution in [0.1, 0.15) is 39.6 Å². The Labute approximate surface area is 125 Å².